The van der Waals surface area contributed by atoms with Gasteiger partial charge in [-0.2, -0.15) is 0 Å². The van der Waals surface area contributed by atoms with Crippen LogP contribution in [0.2, 0.25) is 5.02 Å². The van der Waals surface area contributed by atoms with E-state index in [-0.39, 0.29) is 36.1 Å². The van der Waals surface area contributed by atoms with Crippen LogP contribution in [0.1, 0.15) is 13.3 Å². The second-order valence-electron chi connectivity index (χ2n) is 10.6. The molecule has 2 fully saturated rings. The number of anilines is 2. The first-order valence-corrected chi connectivity index (χ1v) is 15.2. The minimum Gasteiger partial charge on any atom is -0.494 e. The Kier molecular flexibility index (Phi) is 7.61. The summed E-state index contributed by atoms with van der Waals surface area (Å²) in [5.41, 5.74) is 1.42. The zero-order valence-electron chi connectivity index (χ0n) is 22.7. The molecular weight excluding hydrogens is 562 g/mol. The highest BCUT2D eigenvalue weighted by atomic mass is 35.5. The Hall–Kier alpha value is -3.27. The molecule has 2 aromatic rings. The molecule has 2 aromatic carbocycles. The fourth-order valence-electron chi connectivity index (χ4n) is 6.59. The lowest BCUT2D eigenvalue weighted by atomic mass is 9.78. The predicted molar refractivity (Wildman–Crippen MR) is 160 cm³/mol. The van der Waals surface area contributed by atoms with E-state index in [9.17, 15) is 19.5 Å². The Balaban J connectivity index is 1.39. The van der Waals surface area contributed by atoms with Crippen LogP contribution in [0.4, 0.5) is 11.4 Å². The Labute approximate surface area is 248 Å². The fourth-order valence-corrected chi connectivity index (χ4v) is 8.72. The monoisotopic (exact) mass is 593 g/mol. The minimum atomic E-state index is -0.915. The van der Waals surface area contributed by atoms with Gasteiger partial charge in [-0.25, -0.2) is 0 Å². The molecule has 1 N–H and O–H groups in total. The quantitative estimate of drug-likeness (QED) is 0.490. The fraction of sp³-hybridized carbons (Fsp3) is 0.387. The van der Waals surface area contributed by atoms with Gasteiger partial charge in [0.2, 0.25) is 11.8 Å². The van der Waals surface area contributed by atoms with E-state index in [1.165, 1.54) is 0 Å². The first kappa shape index (κ1) is 27.9. The Morgan fingerprint density at radius 2 is 1.61 bits per heavy atom. The topological polar surface area (TPSA) is 90.4 Å². The van der Waals surface area contributed by atoms with Gasteiger partial charge in [-0.15, -0.1) is 11.8 Å². The van der Waals surface area contributed by atoms with Gasteiger partial charge < -0.3 is 24.5 Å². The molecule has 0 saturated carbocycles. The summed E-state index contributed by atoms with van der Waals surface area (Å²) in [5.74, 6) is -1.17. The Bertz CT molecular complexity index is 1400. The van der Waals surface area contributed by atoms with Crippen molar-refractivity contribution in [2.24, 2.45) is 11.8 Å². The summed E-state index contributed by atoms with van der Waals surface area (Å²) in [6.07, 6.45) is 8.29. The molecule has 0 aliphatic carbocycles. The maximum atomic E-state index is 14.4. The van der Waals surface area contributed by atoms with Gasteiger partial charge in [-0.3, -0.25) is 14.4 Å². The summed E-state index contributed by atoms with van der Waals surface area (Å²) >= 11 is 7.65. The minimum absolute atomic E-state index is 0.106. The number of hydrogen-bond acceptors (Lipinski definition) is 6. The Morgan fingerprint density at radius 1 is 0.951 bits per heavy atom. The molecule has 6 rings (SSSR count). The van der Waals surface area contributed by atoms with Gasteiger partial charge in [0, 0.05) is 47.9 Å². The summed E-state index contributed by atoms with van der Waals surface area (Å²) in [7, 11) is 0. The largest absolute Gasteiger partial charge is 0.494 e. The summed E-state index contributed by atoms with van der Waals surface area (Å²) < 4.78 is 4.66. The summed E-state index contributed by atoms with van der Waals surface area (Å²) in [6.45, 7) is 3.33. The molecule has 8 nitrogen and oxygen atoms in total. The molecular formula is C31H32ClN3O5S. The van der Waals surface area contributed by atoms with E-state index < -0.39 is 22.6 Å². The number of benzene rings is 2. The number of carbonyl (C=O) groups excluding carboxylic acids is 3. The summed E-state index contributed by atoms with van der Waals surface area (Å²) in [4.78, 5) is 47.9. The lowest BCUT2D eigenvalue weighted by Gasteiger charge is -2.35. The first-order chi connectivity index (χ1) is 19.9. The molecule has 0 bridgehead atoms. The number of thioether (sulfide) groups is 1. The number of rotatable bonds is 7. The second kappa shape index (κ2) is 11.2. The molecule has 4 aliphatic rings. The van der Waals surface area contributed by atoms with Crippen molar-refractivity contribution >= 4 is 52.5 Å². The van der Waals surface area contributed by atoms with Crippen molar-refractivity contribution in [3.05, 3.63) is 77.9 Å². The summed E-state index contributed by atoms with van der Waals surface area (Å²) in [5, 5.41) is 9.93. The molecule has 41 heavy (non-hydrogen) atoms. The normalized spacial score (nSPS) is 28.9. The van der Waals surface area contributed by atoms with Gasteiger partial charge in [0.05, 0.1) is 23.2 Å². The highest BCUT2D eigenvalue weighted by Gasteiger charge is 2.71. The van der Waals surface area contributed by atoms with Gasteiger partial charge in [0.25, 0.3) is 5.91 Å². The number of nitrogens with zero attached hydrogens (tertiary/aromatic N) is 3. The predicted octanol–water partition coefficient (Wildman–Crippen LogP) is 3.92. The van der Waals surface area contributed by atoms with Crippen LogP contribution in [0.25, 0.3) is 0 Å². The molecule has 3 amide bonds. The van der Waals surface area contributed by atoms with Gasteiger partial charge >= 0.3 is 0 Å². The standard InChI is InChI=1S/C31H32ClN3O5S/c1-2-40-23-13-11-22(12-14-23)33-16-3-6-24-25(28(33)37)26-29(38)35(18-5-19-36)27-30(39)34(17-4-15-31(26,27)41-24)21-9-7-20(32)8-10-21/h3-4,6-15,24-27,36H,2,5,16-19H2,1H3/t24-,25+,26-,27?,31-/m0/s1. The highest BCUT2D eigenvalue weighted by molar-refractivity contribution is 8.02. The van der Waals surface area contributed by atoms with E-state index in [0.717, 1.165) is 11.4 Å². The van der Waals surface area contributed by atoms with Crippen molar-refractivity contribution in [1.82, 2.24) is 4.90 Å². The van der Waals surface area contributed by atoms with Crippen molar-refractivity contribution in [1.29, 1.82) is 0 Å². The average Bonchev–Trinajstić information content (AvgIpc) is 3.28. The zero-order chi connectivity index (χ0) is 28.7. The third-order valence-corrected chi connectivity index (χ3v) is 10.3. The van der Waals surface area contributed by atoms with E-state index in [1.807, 2.05) is 55.5 Å². The number of aliphatic hydroxyl groups is 1. The van der Waals surface area contributed by atoms with Crippen LogP contribution >= 0.6 is 23.4 Å². The van der Waals surface area contributed by atoms with Crippen LogP contribution in [-0.4, -0.2) is 76.6 Å². The van der Waals surface area contributed by atoms with Crippen LogP contribution < -0.4 is 14.5 Å². The Morgan fingerprint density at radius 3 is 2.29 bits per heavy atom. The van der Waals surface area contributed by atoms with E-state index in [2.05, 4.69) is 0 Å². The smallest absolute Gasteiger partial charge is 0.251 e. The number of amides is 3. The first-order valence-electron chi connectivity index (χ1n) is 13.9. The highest BCUT2D eigenvalue weighted by Crippen LogP contribution is 2.61. The van der Waals surface area contributed by atoms with Gasteiger partial charge in [-0.1, -0.05) is 35.9 Å². The van der Waals surface area contributed by atoms with Crippen molar-refractivity contribution in [3.8, 4) is 5.75 Å². The number of hydrogen-bond donors (Lipinski definition) is 1. The second-order valence-corrected chi connectivity index (χ2v) is 12.5. The van der Waals surface area contributed by atoms with Crippen LogP contribution in [0, 0.1) is 11.8 Å². The van der Waals surface area contributed by atoms with Crippen molar-refractivity contribution in [2.75, 3.05) is 42.6 Å². The van der Waals surface area contributed by atoms with Crippen LogP contribution in [-0.2, 0) is 14.4 Å². The van der Waals surface area contributed by atoms with E-state index in [0.29, 0.717) is 36.8 Å². The molecule has 4 aliphatic heterocycles. The van der Waals surface area contributed by atoms with Crippen molar-refractivity contribution in [3.63, 3.8) is 0 Å². The molecule has 0 radical (unpaired) electrons. The molecule has 0 aromatic heterocycles. The summed E-state index contributed by atoms with van der Waals surface area (Å²) in [6, 6.07) is 13.7. The van der Waals surface area contributed by atoms with Crippen LogP contribution in [0.3, 0.4) is 0 Å². The van der Waals surface area contributed by atoms with Gasteiger partial charge in [0.1, 0.15) is 11.8 Å². The van der Waals surface area contributed by atoms with Crippen molar-refractivity contribution < 1.29 is 24.2 Å². The van der Waals surface area contributed by atoms with E-state index >= 15 is 0 Å². The van der Waals surface area contributed by atoms with E-state index in [1.54, 1.807) is 50.7 Å². The maximum Gasteiger partial charge on any atom is 0.251 e. The number of halogens is 1. The van der Waals surface area contributed by atoms with Gasteiger partial charge in [-0.05, 0) is 61.9 Å². The lowest BCUT2D eigenvalue weighted by molar-refractivity contribution is -0.138. The molecule has 1 spiro atoms. The number of carbonyl (C=O) groups is 3. The molecule has 5 atom stereocenters. The molecule has 4 heterocycles. The number of aliphatic hydroxyl groups excluding tert-OH is 1. The SMILES string of the molecule is CCOc1ccc(N2CC=C[C@@H]3S[C@]45C=CCN(c6ccc(Cl)cc6)C(=O)C4N(CCCO)C(=O)[C@@H]5[C@@H]3C2=O)cc1. The van der Waals surface area contributed by atoms with Crippen molar-refractivity contribution in [2.45, 2.75) is 29.4 Å². The number of ether oxygens (including phenoxy) is 1. The molecule has 1 unspecified atom stereocenters. The average molecular weight is 594 g/mol. The number of fused-ring (bicyclic) bond motifs is 2. The molecule has 2 saturated heterocycles. The molecule has 214 valence electrons. The van der Waals surface area contributed by atoms with E-state index in [4.69, 9.17) is 16.3 Å². The maximum absolute atomic E-state index is 14.4. The lowest BCUT2D eigenvalue weighted by Crippen LogP contribution is -2.53. The van der Waals surface area contributed by atoms with Crippen LogP contribution in [0.5, 0.6) is 5.75 Å². The third-order valence-electron chi connectivity index (χ3n) is 8.31. The number of likely N-dealkylation sites (tertiary alicyclic amines) is 1. The zero-order valence-corrected chi connectivity index (χ0v) is 24.3. The van der Waals surface area contributed by atoms with Crippen LogP contribution in [0.15, 0.2) is 72.8 Å². The third kappa shape index (κ3) is 4.64. The molecule has 10 heteroatoms. The van der Waals surface area contributed by atoms with Gasteiger partial charge in [0.15, 0.2) is 0 Å².